The van der Waals surface area contributed by atoms with Gasteiger partial charge in [-0.15, -0.1) is 46.4 Å². The molecule has 10 atom stereocenters. The van der Waals surface area contributed by atoms with E-state index in [1.165, 1.54) is 14.2 Å². The molecule has 8 heteroatoms. The van der Waals surface area contributed by atoms with E-state index in [0.717, 1.165) is 0 Å². The van der Waals surface area contributed by atoms with Crippen molar-refractivity contribution in [1.82, 2.24) is 0 Å². The summed E-state index contributed by atoms with van der Waals surface area (Å²) in [6, 6.07) is 0. The van der Waals surface area contributed by atoms with E-state index in [2.05, 4.69) is 0 Å². The van der Waals surface area contributed by atoms with Crippen LogP contribution in [-0.2, 0) is 9.47 Å². The predicted molar refractivity (Wildman–Crippen MR) is 77.1 cm³/mol. The Hall–Kier alpha value is 1.00. The lowest BCUT2D eigenvalue weighted by Crippen LogP contribution is -2.74. The highest BCUT2D eigenvalue weighted by Crippen LogP contribution is 2.97. The summed E-state index contributed by atoms with van der Waals surface area (Å²) in [5.41, 5.74) is 0. The van der Waals surface area contributed by atoms with Gasteiger partial charge in [-0.25, -0.2) is 0 Å². The Labute approximate surface area is 141 Å². The number of hydrogen-bond acceptors (Lipinski definition) is 4. The minimum Gasteiger partial charge on any atom is -0.392 e. The summed E-state index contributed by atoms with van der Waals surface area (Å²) in [5.74, 6) is -3.29. The fourth-order valence-corrected chi connectivity index (χ4v) is 10.4. The van der Waals surface area contributed by atoms with Gasteiger partial charge < -0.3 is 19.7 Å². The molecular formula is C13H14Cl4O4. The molecular weight excluding hydrogens is 362 g/mol. The number of fused-ring (bicyclic) bond motifs is 2. The zero-order valence-electron chi connectivity index (χ0n) is 11.2. The predicted octanol–water partition coefficient (Wildman–Crippen LogP) is 1.14. The lowest BCUT2D eigenvalue weighted by atomic mass is 9.57. The Morgan fingerprint density at radius 3 is 1.24 bits per heavy atom. The zero-order chi connectivity index (χ0) is 15.4. The number of alkyl halides is 4. The molecule has 5 fully saturated rings. The average molecular weight is 376 g/mol. The van der Waals surface area contributed by atoms with Crippen molar-refractivity contribution in [2.75, 3.05) is 14.2 Å². The topological polar surface area (TPSA) is 58.9 Å². The quantitative estimate of drug-likeness (QED) is 0.561. The van der Waals surface area contributed by atoms with Gasteiger partial charge in [-0.3, -0.25) is 0 Å². The molecule has 2 bridgehead atoms. The van der Waals surface area contributed by atoms with Gasteiger partial charge >= 0.3 is 0 Å². The number of rotatable bonds is 2. The molecule has 0 saturated heterocycles. The van der Waals surface area contributed by atoms with Crippen molar-refractivity contribution in [1.29, 1.82) is 0 Å². The van der Waals surface area contributed by atoms with Gasteiger partial charge in [0.25, 0.3) is 0 Å². The molecule has 5 aliphatic rings. The molecule has 5 saturated carbocycles. The lowest BCUT2D eigenvalue weighted by molar-refractivity contribution is -0.225. The first-order chi connectivity index (χ1) is 9.68. The number of halogens is 4. The summed E-state index contributed by atoms with van der Waals surface area (Å²) in [6.45, 7) is 0. The van der Waals surface area contributed by atoms with Crippen molar-refractivity contribution in [2.45, 2.75) is 37.5 Å². The van der Waals surface area contributed by atoms with Gasteiger partial charge in [-0.2, -0.15) is 0 Å². The fourth-order valence-electron chi connectivity index (χ4n) is 6.98. The molecule has 5 rings (SSSR count). The first-order valence-corrected chi connectivity index (χ1v) is 8.41. The van der Waals surface area contributed by atoms with Crippen molar-refractivity contribution < 1.29 is 19.7 Å². The first kappa shape index (κ1) is 14.4. The van der Waals surface area contributed by atoms with Gasteiger partial charge in [0.15, 0.2) is 0 Å². The molecule has 118 valence electrons. The molecule has 0 aliphatic heterocycles. The minimum atomic E-state index is -1.45. The van der Waals surface area contributed by atoms with Crippen molar-refractivity contribution >= 4 is 46.4 Å². The molecule has 5 aliphatic carbocycles. The van der Waals surface area contributed by atoms with Crippen LogP contribution in [0, 0.1) is 23.7 Å². The summed E-state index contributed by atoms with van der Waals surface area (Å²) in [5, 5.41) is 21.4. The highest BCUT2D eigenvalue weighted by atomic mass is 35.5. The Kier molecular flexibility index (Phi) is 2.21. The van der Waals surface area contributed by atoms with E-state index < -0.39 is 61.2 Å². The van der Waals surface area contributed by atoms with E-state index in [1.54, 1.807) is 0 Å². The molecule has 0 spiro atoms. The minimum absolute atomic E-state index is 0.404. The van der Waals surface area contributed by atoms with Crippen molar-refractivity contribution in [3.63, 3.8) is 0 Å². The van der Waals surface area contributed by atoms with E-state index in [4.69, 9.17) is 55.9 Å². The van der Waals surface area contributed by atoms with Crippen LogP contribution in [0.2, 0.25) is 0 Å². The monoisotopic (exact) mass is 374 g/mol. The van der Waals surface area contributed by atoms with E-state index in [0.29, 0.717) is 0 Å². The summed E-state index contributed by atoms with van der Waals surface area (Å²) in [4.78, 5) is -4.90. The SMILES string of the molecule is COC1(OC)[C@@]2(Cl)[C@@H]3[C@H](O)[C@@H]4[C@@H]5[C@H](O)[C@@H]3[C@@]1(Cl)[C@@]5(Cl)[C@@]42Cl. The number of hydrogen-bond donors (Lipinski definition) is 2. The molecule has 0 unspecified atom stereocenters. The molecule has 0 aromatic carbocycles. The third kappa shape index (κ3) is 0.758. The van der Waals surface area contributed by atoms with Crippen LogP contribution in [0.1, 0.15) is 0 Å². The third-order valence-electron chi connectivity index (χ3n) is 7.20. The Bertz CT molecular complexity index is 541. The summed E-state index contributed by atoms with van der Waals surface area (Å²) in [7, 11) is 2.89. The number of aliphatic hydroxyl groups excluding tert-OH is 2. The van der Waals surface area contributed by atoms with Crippen LogP contribution in [0.25, 0.3) is 0 Å². The third-order valence-corrected chi connectivity index (χ3v) is 10.8. The van der Waals surface area contributed by atoms with Crippen LogP contribution >= 0.6 is 46.4 Å². The van der Waals surface area contributed by atoms with Crippen LogP contribution in [0.5, 0.6) is 0 Å². The summed E-state index contributed by atoms with van der Waals surface area (Å²) < 4.78 is 11.3. The second-order valence-corrected chi connectivity index (χ2v) is 9.34. The van der Waals surface area contributed by atoms with E-state index in [1.807, 2.05) is 0 Å². The van der Waals surface area contributed by atoms with Gasteiger partial charge in [0.05, 0.1) is 22.0 Å². The van der Waals surface area contributed by atoms with Gasteiger partial charge in [0.2, 0.25) is 5.79 Å². The summed E-state index contributed by atoms with van der Waals surface area (Å²) in [6.07, 6.45) is -1.53. The van der Waals surface area contributed by atoms with Crippen LogP contribution in [-0.4, -0.2) is 61.9 Å². The standard InChI is InChI=1S/C13H14Cl4O4/c1-20-13(21-2)11(16)5-6-8(19)4-3(7(5)18)9(11,14)10(4,15)12(6,13)17/h3-8,18-19H,1-2H3/t3-,4+,5-,6+,7+,8-,9-,10-,11+,12+/m0/s1. The summed E-state index contributed by atoms with van der Waals surface area (Å²) >= 11 is 27.8. The van der Waals surface area contributed by atoms with E-state index in [9.17, 15) is 10.2 Å². The Morgan fingerprint density at radius 1 is 0.667 bits per heavy atom. The van der Waals surface area contributed by atoms with Gasteiger partial charge in [0.1, 0.15) is 9.75 Å². The average Bonchev–Trinajstić information content (AvgIpc) is 2.73. The smallest absolute Gasteiger partial charge is 0.211 e. The van der Waals surface area contributed by atoms with Gasteiger partial charge in [-0.05, 0) is 0 Å². The van der Waals surface area contributed by atoms with Crippen molar-refractivity contribution in [3.05, 3.63) is 0 Å². The van der Waals surface area contributed by atoms with Crippen molar-refractivity contribution in [3.8, 4) is 0 Å². The number of aliphatic hydroxyl groups is 2. The maximum absolute atomic E-state index is 10.7. The largest absolute Gasteiger partial charge is 0.392 e. The Morgan fingerprint density at radius 2 is 0.952 bits per heavy atom. The molecule has 0 heterocycles. The van der Waals surface area contributed by atoms with Crippen LogP contribution in [0.15, 0.2) is 0 Å². The molecule has 0 aromatic heterocycles. The molecule has 2 N–H and O–H groups in total. The number of ether oxygens (including phenoxy) is 2. The second-order valence-electron chi connectivity index (χ2n) is 6.96. The van der Waals surface area contributed by atoms with Crippen LogP contribution in [0.3, 0.4) is 0 Å². The second kappa shape index (κ2) is 3.23. The molecule has 0 amide bonds. The first-order valence-electron chi connectivity index (χ1n) is 6.90. The molecule has 4 nitrogen and oxygen atoms in total. The van der Waals surface area contributed by atoms with E-state index in [-0.39, 0.29) is 0 Å². The van der Waals surface area contributed by atoms with Crippen molar-refractivity contribution in [2.24, 2.45) is 23.7 Å². The van der Waals surface area contributed by atoms with E-state index >= 15 is 0 Å². The maximum Gasteiger partial charge on any atom is 0.211 e. The number of methoxy groups -OCH3 is 2. The van der Waals surface area contributed by atoms with Crippen LogP contribution < -0.4 is 0 Å². The molecule has 0 aromatic rings. The highest BCUT2D eigenvalue weighted by Gasteiger charge is 3.11. The normalized spacial score (nSPS) is 74.3. The highest BCUT2D eigenvalue weighted by molar-refractivity contribution is 6.51. The molecule has 21 heavy (non-hydrogen) atoms. The van der Waals surface area contributed by atoms with Crippen LogP contribution in [0.4, 0.5) is 0 Å². The molecule has 0 radical (unpaired) electrons. The lowest BCUT2D eigenvalue weighted by Gasteiger charge is -2.60. The fraction of sp³-hybridized carbons (Fsp3) is 1.00. The maximum atomic E-state index is 10.7. The van der Waals surface area contributed by atoms with Gasteiger partial charge in [0, 0.05) is 37.9 Å². The Balaban J connectivity index is 1.94. The zero-order valence-corrected chi connectivity index (χ0v) is 14.2. The van der Waals surface area contributed by atoms with Gasteiger partial charge in [-0.1, -0.05) is 0 Å².